The minimum atomic E-state index is -2.73. The third-order valence-electron chi connectivity index (χ3n) is 19.8. The van der Waals surface area contributed by atoms with Gasteiger partial charge in [0.2, 0.25) is 0 Å². The number of hydrogen-bond acceptors (Lipinski definition) is 9. The molecule has 1 aromatic heterocycles. The number of nitrogens with zero attached hydrogens (tertiary/aromatic N) is 2. The van der Waals surface area contributed by atoms with E-state index in [4.69, 9.17) is 18.3 Å². The summed E-state index contributed by atoms with van der Waals surface area (Å²) in [6.07, 6.45) is 6.91. The van der Waals surface area contributed by atoms with Crippen LogP contribution in [0.25, 0.3) is 0 Å². The highest BCUT2D eigenvalue weighted by Gasteiger charge is 2.89. The predicted octanol–water partition coefficient (Wildman–Crippen LogP) is 11.6. The Morgan fingerprint density at radius 3 is 2.03 bits per heavy atom. The highest BCUT2D eigenvalue weighted by molar-refractivity contribution is 5.96. The lowest BCUT2D eigenvalue weighted by Crippen LogP contribution is -2.69. The van der Waals surface area contributed by atoms with Gasteiger partial charge in [0.25, 0.3) is 5.92 Å². The highest BCUT2D eigenvalue weighted by atomic mass is 19.3. The van der Waals surface area contributed by atoms with Gasteiger partial charge in [0.15, 0.2) is 30.0 Å². The van der Waals surface area contributed by atoms with Crippen molar-refractivity contribution >= 4 is 17.8 Å². The van der Waals surface area contributed by atoms with Crippen molar-refractivity contribution in [2.45, 2.75) is 168 Å². The van der Waals surface area contributed by atoms with Crippen LogP contribution in [0.15, 0.2) is 85.9 Å². The first-order valence-corrected chi connectivity index (χ1v) is 24.9. The van der Waals surface area contributed by atoms with E-state index in [1.807, 2.05) is 85.5 Å². The molecule has 67 heavy (non-hydrogen) atoms. The molecule has 3 aromatic rings. The van der Waals surface area contributed by atoms with Gasteiger partial charge in [-0.1, -0.05) is 108 Å². The van der Waals surface area contributed by atoms with E-state index >= 15 is 4.79 Å². The Labute approximate surface area is 393 Å². The first-order chi connectivity index (χ1) is 31.6. The molecule has 6 fully saturated rings. The molecule has 10 atom stereocenters. The van der Waals surface area contributed by atoms with Crippen LogP contribution in [0.2, 0.25) is 0 Å². The van der Waals surface area contributed by atoms with Crippen LogP contribution in [-0.2, 0) is 25.7 Å². The van der Waals surface area contributed by atoms with E-state index < -0.39 is 57.2 Å². The zero-order valence-electron chi connectivity index (χ0n) is 40.6. The summed E-state index contributed by atoms with van der Waals surface area (Å²) in [5.74, 6) is -3.90. The van der Waals surface area contributed by atoms with E-state index in [1.54, 1.807) is 0 Å². The van der Waals surface area contributed by atoms with E-state index in [9.17, 15) is 23.2 Å². The SMILES string of the molecule is CC(C)c1oc(=O)oc1COC(=O)N1[C@@]23CC[C@]4(C)[C@H](C(=O)C=C5[C@@H]6C[C@@](C)(C(=O)OC(c7ccccc7)c7ccccc7)CC[C@]6(C)CC[C@]54C)[C@@]2(C)CC[C@H](N2CCC(F)(F)CC2)[C@@]13C. The van der Waals surface area contributed by atoms with Gasteiger partial charge in [-0.25, -0.2) is 18.4 Å². The van der Waals surface area contributed by atoms with Gasteiger partial charge < -0.3 is 18.3 Å². The molecule has 360 valence electrons. The molecule has 1 spiro atoms. The molecule has 2 saturated heterocycles. The summed E-state index contributed by atoms with van der Waals surface area (Å²) >= 11 is 0. The van der Waals surface area contributed by atoms with Crippen molar-refractivity contribution in [3.05, 3.63) is 106 Å². The Hall–Kier alpha value is -4.58. The Balaban J connectivity index is 0.984. The summed E-state index contributed by atoms with van der Waals surface area (Å²) in [6.45, 7) is 17.3. The number of carbonyl (C=O) groups excluding carboxylic acids is 3. The number of amides is 1. The number of alkyl halides is 2. The summed E-state index contributed by atoms with van der Waals surface area (Å²) in [4.78, 5) is 61.3. The average Bonchev–Trinajstić information content (AvgIpc) is 3.67. The van der Waals surface area contributed by atoms with Crippen LogP contribution in [0, 0.1) is 38.9 Å². The Bertz CT molecular complexity index is 2510. The summed E-state index contributed by atoms with van der Waals surface area (Å²) in [7, 11) is 0. The molecular formula is C55H68F2N2O8. The Morgan fingerprint density at radius 1 is 0.776 bits per heavy atom. The Morgan fingerprint density at radius 2 is 1.40 bits per heavy atom. The second kappa shape index (κ2) is 15.5. The minimum absolute atomic E-state index is 0.0146. The van der Waals surface area contributed by atoms with Crippen LogP contribution in [0.3, 0.4) is 0 Å². The van der Waals surface area contributed by atoms with Crippen LogP contribution in [0.4, 0.5) is 13.6 Å². The normalized spacial score (nSPS) is 38.7. The first-order valence-electron chi connectivity index (χ1n) is 24.9. The van der Waals surface area contributed by atoms with Gasteiger partial charge in [-0.2, -0.15) is 0 Å². The van der Waals surface area contributed by atoms with Gasteiger partial charge in [0, 0.05) is 49.2 Å². The van der Waals surface area contributed by atoms with E-state index in [2.05, 4.69) is 46.4 Å². The topological polar surface area (TPSA) is 119 Å². The molecule has 5 aliphatic carbocycles. The number of piperidine rings is 1. The zero-order valence-corrected chi connectivity index (χ0v) is 40.6. The monoisotopic (exact) mass is 922 g/mol. The fourth-order valence-corrected chi connectivity index (χ4v) is 15.9. The molecule has 10 rings (SSSR count). The van der Waals surface area contributed by atoms with E-state index in [0.717, 1.165) is 36.0 Å². The molecule has 0 N–H and O–H groups in total. The maximum atomic E-state index is 15.6. The molecule has 0 bridgehead atoms. The third kappa shape index (κ3) is 6.59. The number of esters is 1. The van der Waals surface area contributed by atoms with Crippen molar-refractivity contribution in [3.63, 3.8) is 0 Å². The smallest absolute Gasteiger partial charge is 0.452 e. The molecule has 3 heterocycles. The van der Waals surface area contributed by atoms with E-state index in [1.165, 1.54) is 0 Å². The number of hydrogen-bond donors (Lipinski definition) is 0. The molecule has 0 unspecified atom stereocenters. The predicted molar refractivity (Wildman–Crippen MR) is 247 cm³/mol. The number of likely N-dealkylation sites (tertiary alicyclic amines) is 2. The van der Waals surface area contributed by atoms with Gasteiger partial charge in [-0.05, 0) is 111 Å². The summed E-state index contributed by atoms with van der Waals surface area (Å²) in [6, 6.07) is 19.6. The minimum Gasteiger partial charge on any atom is -0.452 e. The third-order valence-corrected chi connectivity index (χ3v) is 19.8. The number of fused-ring (bicyclic) bond motifs is 6. The lowest BCUT2D eigenvalue weighted by Gasteiger charge is -2.69. The highest BCUT2D eigenvalue weighted by Crippen LogP contribution is 2.81. The summed E-state index contributed by atoms with van der Waals surface area (Å²) in [5, 5.41) is 0. The second-order valence-electron chi connectivity index (χ2n) is 23.4. The van der Waals surface area contributed by atoms with Gasteiger partial charge >= 0.3 is 17.9 Å². The van der Waals surface area contributed by atoms with Crippen molar-refractivity contribution in [2.75, 3.05) is 13.1 Å². The maximum Gasteiger partial charge on any atom is 0.519 e. The van der Waals surface area contributed by atoms with Crippen LogP contribution >= 0.6 is 0 Å². The number of rotatable bonds is 8. The van der Waals surface area contributed by atoms with Crippen molar-refractivity contribution in [1.82, 2.24) is 9.80 Å². The zero-order chi connectivity index (χ0) is 47.7. The molecule has 7 aliphatic rings. The lowest BCUT2D eigenvalue weighted by atomic mass is 9.34. The number of halogens is 2. The van der Waals surface area contributed by atoms with Crippen molar-refractivity contribution < 1.29 is 41.5 Å². The van der Waals surface area contributed by atoms with Gasteiger partial charge in [0.05, 0.1) is 16.5 Å². The van der Waals surface area contributed by atoms with Crippen molar-refractivity contribution in [3.8, 4) is 0 Å². The van der Waals surface area contributed by atoms with Crippen LogP contribution < -0.4 is 5.82 Å². The second-order valence-corrected chi connectivity index (χ2v) is 23.4. The van der Waals surface area contributed by atoms with E-state index in [-0.39, 0.29) is 78.8 Å². The van der Waals surface area contributed by atoms with Crippen molar-refractivity contribution in [2.24, 2.45) is 38.9 Å². The number of carbonyl (C=O) groups is 3. The number of benzene rings is 2. The largest absolute Gasteiger partial charge is 0.519 e. The summed E-state index contributed by atoms with van der Waals surface area (Å²) in [5.41, 5.74) is -1.07. The molecular weight excluding hydrogens is 855 g/mol. The van der Waals surface area contributed by atoms with Gasteiger partial charge in [0.1, 0.15) is 0 Å². The van der Waals surface area contributed by atoms with E-state index in [0.29, 0.717) is 44.3 Å². The average molecular weight is 923 g/mol. The number of allylic oxidation sites excluding steroid dienone is 2. The van der Waals surface area contributed by atoms with Gasteiger partial charge in [-0.3, -0.25) is 19.4 Å². The standard InChI is InChI=1S/C55H68F2N2O8/c1-34(2)42-40(65-47(63)67-42)33-64-46(62)59-53(8)41(58-29-27-54(56,57)28-30-58)19-20-52(7)44-39(60)31-37-38-32-49(4,45(61)66-43(35-15-11-9-12-16-35)36-17-13-10-14-18-36)22-21-48(38,3)23-24-50(37,5)51(44,6)25-26-55(52,53)59/h9-18,31,34,38,41,43-44H,19-30,32-33H2,1-8H3/t38-,41-,44-,48+,49-,50+,51+,52+,53+,55-,59?/m0/s1. The molecule has 4 saturated carbocycles. The fourth-order valence-electron chi connectivity index (χ4n) is 15.9. The molecule has 10 nitrogen and oxygen atoms in total. The molecule has 2 aliphatic heterocycles. The van der Waals surface area contributed by atoms with Crippen LogP contribution in [0.5, 0.6) is 0 Å². The molecule has 1 amide bonds. The lowest BCUT2D eigenvalue weighted by molar-refractivity contribution is -0.174. The maximum absolute atomic E-state index is 15.6. The van der Waals surface area contributed by atoms with Crippen LogP contribution in [0.1, 0.15) is 161 Å². The Kier molecular flexibility index (Phi) is 10.7. The van der Waals surface area contributed by atoms with Crippen LogP contribution in [-0.4, -0.2) is 63.8 Å². The molecule has 0 radical (unpaired) electrons. The molecule has 2 aromatic carbocycles. The quantitative estimate of drug-likeness (QED) is 0.161. The van der Waals surface area contributed by atoms with Gasteiger partial charge in [-0.15, -0.1) is 0 Å². The number of ketones is 1. The molecule has 12 heteroatoms. The van der Waals surface area contributed by atoms with Crippen molar-refractivity contribution in [1.29, 1.82) is 0 Å². The number of ether oxygens (including phenoxy) is 2. The fraction of sp³-hybridized carbons (Fsp3) is 0.636. The summed E-state index contributed by atoms with van der Waals surface area (Å²) < 4.78 is 52.6. The first kappa shape index (κ1) is 46.2.